The highest BCUT2D eigenvalue weighted by atomic mass is 16.5. The second kappa shape index (κ2) is 7.04. The molecule has 2 heteroatoms. The minimum absolute atomic E-state index is 0.0737. The first-order valence-electron chi connectivity index (χ1n) is 5.94. The molecule has 0 spiro atoms. The van der Waals surface area contributed by atoms with E-state index in [1.54, 1.807) is 0 Å². The zero-order chi connectivity index (χ0) is 11.8. The van der Waals surface area contributed by atoms with Gasteiger partial charge in [-0.15, -0.1) is 0 Å². The van der Waals surface area contributed by atoms with Gasteiger partial charge >= 0.3 is 5.97 Å². The number of unbranched alkanes of at least 4 members (excludes halogenated alkanes) is 1. The lowest BCUT2D eigenvalue weighted by atomic mass is 10.1. The van der Waals surface area contributed by atoms with E-state index in [0.717, 1.165) is 19.3 Å². The predicted octanol–water partition coefficient (Wildman–Crippen LogP) is 3.27. The summed E-state index contributed by atoms with van der Waals surface area (Å²) >= 11 is 0. The van der Waals surface area contributed by atoms with Crippen LogP contribution in [0.1, 0.15) is 37.3 Å². The number of hydrogen-bond acceptors (Lipinski definition) is 2. The van der Waals surface area contributed by atoms with Gasteiger partial charge in [0.05, 0.1) is 6.61 Å². The molecule has 0 fully saturated rings. The Kier molecular flexibility index (Phi) is 5.62. The molecule has 0 aliphatic heterocycles. The van der Waals surface area contributed by atoms with E-state index in [1.807, 2.05) is 12.1 Å². The topological polar surface area (TPSA) is 26.3 Å². The van der Waals surface area contributed by atoms with Gasteiger partial charge in [0, 0.05) is 12.8 Å². The zero-order valence-corrected chi connectivity index (χ0v) is 10.2. The number of aryl methyl sites for hydroxylation is 1. The first-order chi connectivity index (χ1) is 7.74. The van der Waals surface area contributed by atoms with Gasteiger partial charge < -0.3 is 4.74 Å². The van der Waals surface area contributed by atoms with Crippen molar-refractivity contribution in [1.29, 1.82) is 0 Å². The van der Waals surface area contributed by atoms with Crippen molar-refractivity contribution in [2.45, 2.75) is 39.5 Å². The van der Waals surface area contributed by atoms with Gasteiger partial charge in [0.1, 0.15) is 0 Å². The van der Waals surface area contributed by atoms with E-state index in [0.29, 0.717) is 13.0 Å². The normalized spacial score (nSPS) is 10.1. The minimum Gasteiger partial charge on any atom is -0.465 e. The maximum atomic E-state index is 11.3. The Labute approximate surface area is 97.6 Å². The predicted molar refractivity (Wildman–Crippen MR) is 65.4 cm³/mol. The minimum atomic E-state index is -0.0737. The second-order valence-electron chi connectivity index (χ2n) is 4.00. The van der Waals surface area contributed by atoms with E-state index in [9.17, 15) is 4.79 Å². The van der Waals surface area contributed by atoms with E-state index >= 15 is 0 Å². The van der Waals surface area contributed by atoms with Crippen LogP contribution in [0.25, 0.3) is 0 Å². The van der Waals surface area contributed by atoms with Crippen LogP contribution in [0, 0.1) is 6.92 Å². The number of esters is 1. The molecule has 0 N–H and O–H groups in total. The molecular formula is C14H20O2. The van der Waals surface area contributed by atoms with E-state index in [-0.39, 0.29) is 5.97 Å². The average molecular weight is 220 g/mol. The maximum absolute atomic E-state index is 11.3. The van der Waals surface area contributed by atoms with Crippen molar-refractivity contribution in [2.75, 3.05) is 6.61 Å². The molecule has 0 heterocycles. The average Bonchev–Trinajstić information content (AvgIpc) is 2.29. The van der Waals surface area contributed by atoms with Crippen LogP contribution in [0.2, 0.25) is 0 Å². The van der Waals surface area contributed by atoms with Gasteiger partial charge in [0.15, 0.2) is 0 Å². The van der Waals surface area contributed by atoms with Crippen LogP contribution >= 0.6 is 0 Å². The standard InChI is InChI=1S/C14H20O2/c1-3-4-9-14(15)16-11-10-13-8-6-5-7-12(13)2/h5-8H,3-4,9-11H2,1-2H3. The molecular weight excluding hydrogens is 200 g/mol. The van der Waals surface area contributed by atoms with Crippen molar-refractivity contribution < 1.29 is 9.53 Å². The summed E-state index contributed by atoms with van der Waals surface area (Å²) in [6.45, 7) is 4.64. The van der Waals surface area contributed by atoms with Crippen LogP contribution < -0.4 is 0 Å². The van der Waals surface area contributed by atoms with Crippen molar-refractivity contribution in [2.24, 2.45) is 0 Å². The molecule has 0 saturated carbocycles. The third-order valence-corrected chi connectivity index (χ3v) is 2.63. The Bertz CT molecular complexity index is 331. The molecule has 0 amide bonds. The van der Waals surface area contributed by atoms with Gasteiger partial charge in [-0.05, 0) is 24.5 Å². The highest BCUT2D eigenvalue weighted by Crippen LogP contribution is 2.08. The lowest BCUT2D eigenvalue weighted by Gasteiger charge is -2.06. The summed E-state index contributed by atoms with van der Waals surface area (Å²) in [5, 5.41) is 0. The molecule has 1 rings (SSSR count). The van der Waals surface area contributed by atoms with Crippen LogP contribution in [-0.4, -0.2) is 12.6 Å². The Morgan fingerprint density at radius 1 is 1.31 bits per heavy atom. The van der Waals surface area contributed by atoms with Gasteiger partial charge in [-0.2, -0.15) is 0 Å². The van der Waals surface area contributed by atoms with Crippen LogP contribution in [-0.2, 0) is 16.0 Å². The molecule has 1 aromatic rings. The van der Waals surface area contributed by atoms with E-state index < -0.39 is 0 Å². The fraction of sp³-hybridized carbons (Fsp3) is 0.500. The summed E-state index contributed by atoms with van der Waals surface area (Å²) < 4.78 is 5.16. The molecule has 0 atom stereocenters. The van der Waals surface area contributed by atoms with Gasteiger partial charge in [-0.1, -0.05) is 37.6 Å². The Balaban J connectivity index is 2.25. The van der Waals surface area contributed by atoms with Crippen molar-refractivity contribution in [1.82, 2.24) is 0 Å². The molecule has 0 radical (unpaired) electrons. The Morgan fingerprint density at radius 2 is 2.06 bits per heavy atom. The summed E-state index contributed by atoms with van der Waals surface area (Å²) in [7, 11) is 0. The van der Waals surface area contributed by atoms with Crippen molar-refractivity contribution in [3.63, 3.8) is 0 Å². The highest BCUT2D eigenvalue weighted by molar-refractivity contribution is 5.69. The number of ether oxygens (including phenoxy) is 1. The molecule has 0 unspecified atom stereocenters. The smallest absolute Gasteiger partial charge is 0.305 e. The van der Waals surface area contributed by atoms with Gasteiger partial charge in [0.2, 0.25) is 0 Å². The van der Waals surface area contributed by atoms with Crippen LogP contribution in [0.4, 0.5) is 0 Å². The number of rotatable bonds is 6. The number of carbonyl (C=O) groups is 1. The van der Waals surface area contributed by atoms with E-state index in [1.165, 1.54) is 11.1 Å². The van der Waals surface area contributed by atoms with Crippen molar-refractivity contribution in [3.05, 3.63) is 35.4 Å². The fourth-order valence-electron chi connectivity index (χ4n) is 1.56. The molecule has 16 heavy (non-hydrogen) atoms. The SMILES string of the molecule is CCCCC(=O)OCCc1ccccc1C. The maximum Gasteiger partial charge on any atom is 0.305 e. The lowest BCUT2D eigenvalue weighted by molar-refractivity contribution is -0.143. The molecule has 0 aliphatic carbocycles. The quantitative estimate of drug-likeness (QED) is 0.688. The second-order valence-corrected chi connectivity index (χ2v) is 4.00. The first kappa shape index (κ1) is 12.8. The number of benzene rings is 1. The molecule has 1 aromatic carbocycles. The monoisotopic (exact) mass is 220 g/mol. The lowest BCUT2D eigenvalue weighted by Crippen LogP contribution is -2.07. The van der Waals surface area contributed by atoms with Crippen LogP contribution in [0.15, 0.2) is 24.3 Å². The number of hydrogen-bond donors (Lipinski definition) is 0. The van der Waals surface area contributed by atoms with Crippen molar-refractivity contribution >= 4 is 5.97 Å². The molecule has 2 nitrogen and oxygen atoms in total. The van der Waals surface area contributed by atoms with Gasteiger partial charge in [-0.25, -0.2) is 0 Å². The molecule has 0 bridgehead atoms. The van der Waals surface area contributed by atoms with Crippen molar-refractivity contribution in [3.8, 4) is 0 Å². The van der Waals surface area contributed by atoms with Crippen LogP contribution in [0.5, 0.6) is 0 Å². The molecule has 0 saturated heterocycles. The van der Waals surface area contributed by atoms with E-state index in [2.05, 4.69) is 26.0 Å². The third kappa shape index (κ3) is 4.47. The van der Waals surface area contributed by atoms with Gasteiger partial charge in [-0.3, -0.25) is 4.79 Å². The summed E-state index contributed by atoms with van der Waals surface area (Å²) in [6, 6.07) is 8.19. The zero-order valence-electron chi connectivity index (χ0n) is 10.2. The van der Waals surface area contributed by atoms with E-state index in [4.69, 9.17) is 4.74 Å². The summed E-state index contributed by atoms with van der Waals surface area (Å²) in [6.07, 6.45) is 3.31. The van der Waals surface area contributed by atoms with Gasteiger partial charge in [0.25, 0.3) is 0 Å². The Morgan fingerprint density at radius 3 is 2.75 bits per heavy atom. The van der Waals surface area contributed by atoms with Crippen LogP contribution in [0.3, 0.4) is 0 Å². The molecule has 0 aliphatic rings. The highest BCUT2D eigenvalue weighted by Gasteiger charge is 2.02. The molecule has 88 valence electrons. The fourth-order valence-corrected chi connectivity index (χ4v) is 1.56. The largest absolute Gasteiger partial charge is 0.465 e. The number of carbonyl (C=O) groups excluding carboxylic acids is 1. The summed E-state index contributed by atoms with van der Waals surface area (Å²) in [4.78, 5) is 11.3. The Hall–Kier alpha value is -1.31. The third-order valence-electron chi connectivity index (χ3n) is 2.63. The molecule has 0 aromatic heterocycles. The first-order valence-corrected chi connectivity index (χ1v) is 5.94. The summed E-state index contributed by atoms with van der Waals surface area (Å²) in [5.41, 5.74) is 2.51. The summed E-state index contributed by atoms with van der Waals surface area (Å²) in [5.74, 6) is -0.0737.